The van der Waals surface area contributed by atoms with Crippen molar-refractivity contribution in [1.29, 1.82) is 0 Å². The Morgan fingerprint density at radius 2 is 1.58 bits per heavy atom. The number of alkyl halides is 3. The molecule has 8 nitrogen and oxygen atoms in total. The summed E-state index contributed by atoms with van der Waals surface area (Å²) in [6.07, 6.45) is -4.91. The van der Waals surface area contributed by atoms with E-state index in [9.17, 15) is 26.4 Å². The molecular formula is C26H34F3N3O5S. The molecule has 0 unspecified atom stereocenters. The molecule has 1 amide bonds. The predicted molar refractivity (Wildman–Crippen MR) is 137 cm³/mol. The van der Waals surface area contributed by atoms with Gasteiger partial charge in [0.25, 0.3) is 0 Å². The molecule has 0 radical (unpaired) electrons. The van der Waals surface area contributed by atoms with Gasteiger partial charge in [-0.15, -0.1) is 0 Å². The molecule has 0 aliphatic carbocycles. The fourth-order valence-corrected chi connectivity index (χ4v) is 5.66. The number of carboxylic acids is 1. The monoisotopic (exact) mass is 557 g/mol. The number of carboxylic acid groups (broad SMARTS) is 1. The second-order valence-corrected chi connectivity index (χ2v) is 11.1. The van der Waals surface area contributed by atoms with Gasteiger partial charge in [0.2, 0.25) is 15.9 Å². The Morgan fingerprint density at radius 1 is 1.00 bits per heavy atom. The minimum absolute atomic E-state index is 0.00255. The summed E-state index contributed by atoms with van der Waals surface area (Å²) in [5.41, 5.74) is 4.73. The number of benzene rings is 2. The quantitative estimate of drug-likeness (QED) is 0.539. The third-order valence-electron chi connectivity index (χ3n) is 6.14. The second kappa shape index (κ2) is 13.2. The number of sulfonamides is 1. The van der Waals surface area contributed by atoms with Gasteiger partial charge in [0.05, 0.1) is 4.90 Å². The first-order valence-corrected chi connectivity index (χ1v) is 13.5. The number of carbonyl (C=O) groups excluding carboxylic acids is 1. The zero-order valence-corrected chi connectivity index (χ0v) is 22.7. The lowest BCUT2D eigenvalue weighted by Gasteiger charge is -2.29. The Bertz CT molecular complexity index is 1240. The summed E-state index contributed by atoms with van der Waals surface area (Å²) in [5, 5.41) is 10.4. The van der Waals surface area contributed by atoms with E-state index < -0.39 is 22.2 Å². The van der Waals surface area contributed by atoms with E-state index in [0.29, 0.717) is 18.0 Å². The molecule has 0 atom stereocenters. The fourth-order valence-electron chi connectivity index (χ4n) is 3.94. The highest BCUT2D eigenvalue weighted by Gasteiger charge is 2.38. The summed E-state index contributed by atoms with van der Waals surface area (Å²) in [5.74, 6) is -2.75. The van der Waals surface area contributed by atoms with Gasteiger partial charge in [-0.1, -0.05) is 35.9 Å². The lowest BCUT2D eigenvalue weighted by molar-refractivity contribution is -0.192. The summed E-state index contributed by atoms with van der Waals surface area (Å²) in [4.78, 5) is 23.7. The number of aryl methyl sites for hydroxylation is 4. The lowest BCUT2D eigenvalue weighted by Crippen LogP contribution is -2.47. The van der Waals surface area contributed by atoms with E-state index in [4.69, 9.17) is 9.90 Å². The number of piperazine rings is 1. The van der Waals surface area contributed by atoms with Crippen molar-refractivity contribution in [1.82, 2.24) is 14.5 Å². The fraction of sp³-hybridized carbons (Fsp3) is 0.462. The largest absolute Gasteiger partial charge is 0.490 e. The molecule has 38 heavy (non-hydrogen) atoms. The van der Waals surface area contributed by atoms with E-state index in [1.807, 2.05) is 62.9 Å². The number of hydrogen-bond donors (Lipinski definition) is 2. The molecule has 2 N–H and O–H groups in total. The Hall–Kier alpha value is -2.96. The lowest BCUT2D eigenvalue weighted by atomic mass is 10.1. The predicted octanol–water partition coefficient (Wildman–Crippen LogP) is 3.57. The summed E-state index contributed by atoms with van der Waals surface area (Å²) in [6.45, 7) is 11.0. The molecule has 210 valence electrons. The van der Waals surface area contributed by atoms with Gasteiger partial charge in [-0.2, -0.15) is 17.5 Å². The standard InChI is InChI=1S/C24H33N3O3S.C2HF3O2/c1-18-6-5-7-22(14-18)17-27(11-8-24(28)26-12-9-25-10-13-26)31(29,30)23-16-20(3)19(2)15-21(23)4;3-2(4,5)1(6)7/h5-7,14-16,25H,8-13,17H2,1-4H3;(H,6,7). The van der Waals surface area contributed by atoms with Gasteiger partial charge in [-0.3, -0.25) is 4.79 Å². The molecule has 0 spiro atoms. The van der Waals surface area contributed by atoms with Gasteiger partial charge in [-0.05, 0) is 56.0 Å². The average Bonchev–Trinajstić information content (AvgIpc) is 2.84. The molecule has 2 aromatic carbocycles. The Morgan fingerprint density at radius 3 is 2.13 bits per heavy atom. The zero-order chi connectivity index (χ0) is 28.7. The number of hydrogen-bond acceptors (Lipinski definition) is 5. The maximum Gasteiger partial charge on any atom is 0.490 e. The summed E-state index contributed by atoms with van der Waals surface area (Å²) >= 11 is 0. The molecular weight excluding hydrogens is 523 g/mol. The van der Waals surface area contributed by atoms with Crippen LogP contribution in [-0.4, -0.2) is 73.5 Å². The number of nitrogens with one attached hydrogen (secondary N) is 1. The highest BCUT2D eigenvalue weighted by molar-refractivity contribution is 7.89. The maximum atomic E-state index is 13.7. The molecule has 1 fully saturated rings. The van der Waals surface area contributed by atoms with Gasteiger partial charge in [0.1, 0.15) is 0 Å². The van der Waals surface area contributed by atoms with Crippen LogP contribution in [0.25, 0.3) is 0 Å². The molecule has 1 aliphatic rings. The smallest absolute Gasteiger partial charge is 0.475 e. The highest BCUT2D eigenvalue weighted by Crippen LogP contribution is 2.25. The summed E-state index contributed by atoms with van der Waals surface area (Å²) < 4.78 is 60.6. The van der Waals surface area contributed by atoms with Crippen molar-refractivity contribution in [3.63, 3.8) is 0 Å². The normalized spacial score (nSPS) is 14.2. The Balaban J connectivity index is 0.000000638. The topological polar surface area (TPSA) is 107 Å². The maximum absolute atomic E-state index is 13.7. The van der Waals surface area contributed by atoms with Crippen LogP contribution in [0.4, 0.5) is 13.2 Å². The van der Waals surface area contributed by atoms with Gasteiger partial charge in [0.15, 0.2) is 0 Å². The van der Waals surface area contributed by atoms with Crippen molar-refractivity contribution in [2.45, 2.75) is 51.7 Å². The second-order valence-electron chi connectivity index (χ2n) is 9.21. The number of nitrogens with zero attached hydrogens (tertiary/aromatic N) is 2. The average molecular weight is 558 g/mol. The van der Waals surface area contributed by atoms with Crippen LogP contribution in [0.15, 0.2) is 41.3 Å². The van der Waals surface area contributed by atoms with E-state index in [1.54, 1.807) is 6.07 Å². The molecule has 0 bridgehead atoms. The van der Waals surface area contributed by atoms with Gasteiger partial charge < -0.3 is 15.3 Å². The van der Waals surface area contributed by atoms with Crippen molar-refractivity contribution in [2.24, 2.45) is 0 Å². The van der Waals surface area contributed by atoms with Crippen molar-refractivity contribution in [2.75, 3.05) is 32.7 Å². The van der Waals surface area contributed by atoms with Crippen LogP contribution < -0.4 is 5.32 Å². The van der Waals surface area contributed by atoms with Crippen LogP contribution in [0, 0.1) is 27.7 Å². The SMILES string of the molecule is Cc1cccc(CN(CCC(=O)N2CCNCC2)S(=O)(=O)c2cc(C)c(C)cc2C)c1.O=C(O)C(F)(F)F. The molecule has 3 rings (SSSR count). The van der Waals surface area contributed by atoms with E-state index in [0.717, 1.165) is 40.9 Å². The van der Waals surface area contributed by atoms with Crippen LogP contribution in [0.2, 0.25) is 0 Å². The first kappa shape index (κ1) is 31.3. The van der Waals surface area contributed by atoms with Crippen LogP contribution in [-0.2, 0) is 26.2 Å². The van der Waals surface area contributed by atoms with Crippen LogP contribution >= 0.6 is 0 Å². The number of halogens is 3. The third-order valence-corrected chi connectivity index (χ3v) is 8.12. The van der Waals surface area contributed by atoms with E-state index in [2.05, 4.69) is 5.32 Å². The summed E-state index contributed by atoms with van der Waals surface area (Å²) in [6, 6.07) is 11.5. The molecule has 12 heteroatoms. The molecule has 0 saturated carbocycles. The van der Waals surface area contributed by atoms with Crippen LogP contribution in [0.5, 0.6) is 0 Å². The minimum Gasteiger partial charge on any atom is -0.475 e. The van der Waals surface area contributed by atoms with Gasteiger partial charge >= 0.3 is 12.1 Å². The van der Waals surface area contributed by atoms with Crippen LogP contribution in [0.3, 0.4) is 0 Å². The van der Waals surface area contributed by atoms with Gasteiger partial charge in [-0.25, -0.2) is 13.2 Å². The third kappa shape index (κ3) is 8.81. The number of rotatable bonds is 7. The molecule has 1 heterocycles. The molecule has 2 aromatic rings. The van der Waals surface area contributed by atoms with Crippen molar-refractivity contribution in [3.05, 3.63) is 64.2 Å². The number of amides is 1. The summed E-state index contributed by atoms with van der Waals surface area (Å²) in [7, 11) is -3.76. The van der Waals surface area contributed by atoms with Crippen molar-refractivity contribution < 1.29 is 36.3 Å². The highest BCUT2D eigenvalue weighted by atomic mass is 32.2. The van der Waals surface area contributed by atoms with Crippen LogP contribution in [0.1, 0.15) is 34.2 Å². The number of carbonyl (C=O) groups is 2. The van der Waals surface area contributed by atoms with E-state index in [-0.39, 0.29) is 25.4 Å². The Kier molecular flexibility index (Phi) is 10.9. The molecule has 1 saturated heterocycles. The number of aliphatic carboxylic acids is 1. The van der Waals surface area contributed by atoms with Crippen molar-refractivity contribution in [3.8, 4) is 0 Å². The Labute approximate surface area is 221 Å². The minimum atomic E-state index is -5.08. The zero-order valence-electron chi connectivity index (χ0n) is 21.9. The van der Waals surface area contributed by atoms with E-state index >= 15 is 0 Å². The van der Waals surface area contributed by atoms with Gasteiger partial charge in [0, 0.05) is 45.7 Å². The molecule has 1 aliphatic heterocycles. The van der Waals surface area contributed by atoms with E-state index in [1.165, 1.54) is 4.31 Å². The van der Waals surface area contributed by atoms with Crippen molar-refractivity contribution >= 4 is 21.9 Å². The first-order valence-electron chi connectivity index (χ1n) is 12.0. The first-order chi connectivity index (χ1) is 17.6. The molecule has 0 aromatic heterocycles.